The average molecular weight is 245 g/mol. The van der Waals surface area contributed by atoms with E-state index in [1.807, 2.05) is 0 Å². The van der Waals surface area contributed by atoms with Crippen molar-refractivity contribution in [1.29, 1.82) is 0 Å². The van der Waals surface area contributed by atoms with E-state index in [1.165, 1.54) is 0 Å². The zero-order chi connectivity index (χ0) is 12.8. The largest absolute Gasteiger partial charge is 0.488 e. The highest BCUT2D eigenvalue weighted by atomic mass is 19.2. The molecule has 2 nitrogen and oxygen atoms in total. The first kappa shape index (κ1) is 12.3. The Morgan fingerprint density at radius 1 is 1.00 bits per heavy atom. The molecule has 90 valence electrons. The van der Waals surface area contributed by atoms with Crippen LogP contribution in [0.2, 0.25) is 0 Å². The highest BCUT2D eigenvalue weighted by molar-refractivity contribution is 6.32. The van der Waals surface area contributed by atoms with E-state index in [0.717, 1.165) is 7.85 Å². The molecule has 0 atom stereocenters. The van der Waals surface area contributed by atoms with E-state index < -0.39 is 40.0 Å². The Bertz CT molecular complexity index is 450. The standard InChI is InChI=1S/C9H9B2F4NO/c10-3-4(12)6(14)8(7(15)5(3)13)17-9(11)1-16-2-9/h16H,1-2,10-11H2. The highest BCUT2D eigenvalue weighted by Gasteiger charge is 2.37. The summed E-state index contributed by atoms with van der Waals surface area (Å²) in [6.07, 6.45) is 0. The van der Waals surface area contributed by atoms with Gasteiger partial charge in [-0.2, -0.15) is 8.78 Å². The third-order valence-electron chi connectivity index (χ3n) is 2.79. The second-order valence-electron chi connectivity index (χ2n) is 4.37. The van der Waals surface area contributed by atoms with Gasteiger partial charge in [0.2, 0.25) is 11.6 Å². The molecule has 1 fully saturated rings. The molecule has 17 heavy (non-hydrogen) atoms. The molecule has 1 aromatic rings. The number of halogens is 4. The maximum atomic E-state index is 13.5. The minimum Gasteiger partial charge on any atom is -0.488 e. The molecule has 0 radical (unpaired) electrons. The maximum absolute atomic E-state index is 13.5. The molecule has 0 saturated carbocycles. The minimum absolute atomic E-state index is 0.364. The predicted octanol–water partition coefficient (Wildman–Crippen LogP) is -1.19. The van der Waals surface area contributed by atoms with Crippen LogP contribution >= 0.6 is 0 Å². The molecular weight excluding hydrogens is 236 g/mol. The molecule has 2 rings (SSSR count). The number of hydrogen-bond donors (Lipinski definition) is 1. The lowest BCUT2D eigenvalue weighted by atomic mass is 9.76. The molecular formula is C9H9B2F4NO. The van der Waals surface area contributed by atoms with E-state index in [2.05, 4.69) is 5.32 Å². The lowest BCUT2D eigenvalue weighted by molar-refractivity contribution is 0.0857. The van der Waals surface area contributed by atoms with Crippen molar-refractivity contribution >= 4 is 21.2 Å². The Hall–Kier alpha value is -1.17. The van der Waals surface area contributed by atoms with Gasteiger partial charge in [-0.3, -0.25) is 0 Å². The molecule has 0 unspecified atom stereocenters. The fourth-order valence-corrected chi connectivity index (χ4v) is 1.61. The number of benzene rings is 1. The molecule has 0 bridgehead atoms. The van der Waals surface area contributed by atoms with E-state index >= 15 is 0 Å². The zero-order valence-corrected chi connectivity index (χ0v) is 9.33. The van der Waals surface area contributed by atoms with Crippen molar-refractivity contribution in [1.82, 2.24) is 5.32 Å². The van der Waals surface area contributed by atoms with E-state index in [-0.39, 0.29) is 0 Å². The lowest BCUT2D eigenvalue weighted by Gasteiger charge is -2.40. The number of nitrogens with one attached hydrogen (secondary N) is 1. The Morgan fingerprint density at radius 2 is 1.47 bits per heavy atom. The number of hydrogen-bond acceptors (Lipinski definition) is 2. The van der Waals surface area contributed by atoms with Crippen molar-refractivity contribution in [3.8, 4) is 5.75 Å². The van der Waals surface area contributed by atoms with Crippen LogP contribution in [0, 0.1) is 23.3 Å². The van der Waals surface area contributed by atoms with Crippen molar-refractivity contribution in [2.75, 3.05) is 13.1 Å². The molecule has 1 aromatic carbocycles. The summed E-state index contributed by atoms with van der Waals surface area (Å²) >= 11 is 0. The summed E-state index contributed by atoms with van der Waals surface area (Å²) in [5.74, 6) is -6.82. The molecule has 0 aliphatic carbocycles. The van der Waals surface area contributed by atoms with Crippen LogP contribution in [0.15, 0.2) is 0 Å². The van der Waals surface area contributed by atoms with Crippen LogP contribution in [0.3, 0.4) is 0 Å². The third-order valence-corrected chi connectivity index (χ3v) is 2.79. The first-order chi connectivity index (χ1) is 7.86. The van der Waals surface area contributed by atoms with Crippen LogP contribution in [0.25, 0.3) is 0 Å². The van der Waals surface area contributed by atoms with E-state index in [4.69, 9.17) is 4.74 Å². The maximum Gasteiger partial charge on any atom is 0.203 e. The van der Waals surface area contributed by atoms with Crippen molar-refractivity contribution < 1.29 is 22.3 Å². The fraction of sp³-hybridized carbons (Fsp3) is 0.333. The molecule has 0 aromatic heterocycles. The van der Waals surface area contributed by atoms with Gasteiger partial charge in [0.1, 0.15) is 7.85 Å². The first-order valence-corrected chi connectivity index (χ1v) is 5.08. The first-order valence-electron chi connectivity index (χ1n) is 5.08. The molecule has 1 N–H and O–H groups in total. The van der Waals surface area contributed by atoms with Gasteiger partial charge in [0.25, 0.3) is 0 Å². The lowest BCUT2D eigenvalue weighted by Crippen LogP contribution is -2.63. The smallest absolute Gasteiger partial charge is 0.203 e. The van der Waals surface area contributed by atoms with Gasteiger partial charge in [-0.05, 0) is 5.46 Å². The van der Waals surface area contributed by atoms with Crippen LogP contribution in [0.5, 0.6) is 5.75 Å². The molecule has 0 amide bonds. The quantitative estimate of drug-likeness (QED) is 0.402. The molecule has 1 aliphatic heterocycles. The SMILES string of the molecule is Bc1c(F)c(F)c(OC2(B)CNC2)c(F)c1F. The predicted molar refractivity (Wildman–Crippen MR) is 59.2 cm³/mol. The molecule has 1 heterocycles. The Morgan fingerprint density at radius 3 is 1.82 bits per heavy atom. The van der Waals surface area contributed by atoms with Crippen LogP contribution in [0.1, 0.15) is 0 Å². The van der Waals surface area contributed by atoms with Crippen LogP contribution in [0.4, 0.5) is 17.6 Å². The Labute approximate surface area is 97.1 Å². The van der Waals surface area contributed by atoms with Gasteiger partial charge < -0.3 is 10.1 Å². The summed E-state index contributed by atoms with van der Waals surface area (Å²) in [6, 6.07) is 0. The van der Waals surface area contributed by atoms with Crippen molar-refractivity contribution in [2.24, 2.45) is 0 Å². The van der Waals surface area contributed by atoms with Gasteiger partial charge in [0.05, 0.1) is 5.50 Å². The second-order valence-corrected chi connectivity index (χ2v) is 4.37. The van der Waals surface area contributed by atoms with Gasteiger partial charge >= 0.3 is 0 Å². The third kappa shape index (κ3) is 1.90. The van der Waals surface area contributed by atoms with Gasteiger partial charge in [0.15, 0.2) is 25.2 Å². The van der Waals surface area contributed by atoms with E-state index in [9.17, 15) is 17.6 Å². The summed E-state index contributed by atoms with van der Waals surface area (Å²) in [4.78, 5) is 0. The summed E-state index contributed by atoms with van der Waals surface area (Å²) in [5.41, 5.74) is -1.53. The van der Waals surface area contributed by atoms with Crippen LogP contribution < -0.4 is 15.5 Å². The Kier molecular flexibility index (Phi) is 2.85. The monoisotopic (exact) mass is 245 g/mol. The van der Waals surface area contributed by atoms with Crippen LogP contribution in [-0.2, 0) is 0 Å². The van der Waals surface area contributed by atoms with Crippen molar-refractivity contribution in [2.45, 2.75) is 5.50 Å². The normalized spacial score (nSPS) is 17.6. The van der Waals surface area contributed by atoms with Crippen molar-refractivity contribution in [3.63, 3.8) is 0 Å². The minimum atomic E-state index is -1.49. The average Bonchev–Trinajstić information content (AvgIpc) is 2.27. The van der Waals surface area contributed by atoms with Gasteiger partial charge in [-0.1, -0.05) is 0 Å². The second kappa shape index (κ2) is 3.94. The number of ether oxygens (including phenoxy) is 1. The highest BCUT2D eigenvalue weighted by Crippen LogP contribution is 2.28. The summed E-state index contributed by atoms with van der Waals surface area (Å²) < 4.78 is 58.5. The summed E-state index contributed by atoms with van der Waals surface area (Å²) in [6.45, 7) is 0.728. The fourth-order valence-electron chi connectivity index (χ4n) is 1.61. The molecule has 1 saturated heterocycles. The van der Waals surface area contributed by atoms with E-state index in [0.29, 0.717) is 13.1 Å². The molecule has 8 heteroatoms. The molecule has 0 spiro atoms. The van der Waals surface area contributed by atoms with Gasteiger partial charge in [-0.15, -0.1) is 0 Å². The Balaban J connectivity index is 2.46. The van der Waals surface area contributed by atoms with Crippen molar-refractivity contribution in [3.05, 3.63) is 23.3 Å². The van der Waals surface area contributed by atoms with E-state index in [1.54, 1.807) is 7.85 Å². The molecule has 1 aliphatic rings. The summed E-state index contributed by atoms with van der Waals surface area (Å²) in [5, 5.41) is 2.84. The number of rotatable bonds is 2. The van der Waals surface area contributed by atoms with Gasteiger partial charge in [0, 0.05) is 13.1 Å². The van der Waals surface area contributed by atoms with Gasteiger partial charge in [-0.25, -0.2) is 8.78 Å². The topological polar surface area (TPSA) is 21.3 Å². The summed E-state index contributed by atoms with van der Waals surface area (Å²) in [7, 11) is 2.56. The zero-order valence-electron chi connectivity index (χ0n) is 9.33. The van der Waals surface area contributed by atoms with Crippen LogP contribution in [-0.4, -0.2) is 34.3 Å².